The Morgan fingerprint density at radius 3 is 1.88 bits per heavy atom. The monoisotopic (exact) mass is 356 g/mol. The molecule has 2 aromatic carbocycles. The lowest BCUT2D eigenvalue weighted by molar-refractivity contribution is 0.349. The molecule has 1 fully saturated rings. The van der Waals surface area contributed by atoms with Gasteiger partial charge in [0, 0.05) is 8.59 Å². The van der Waals surface area contributed by atoms with E-state index in [0.29, 0.717) is 0 Å². The fourth-order valence-corrected chi connectivity index (χ4v) is 2.50. The second kappa shape index (κ2) is 4.26. The summed E-state index contributed by atoms with van der Waals surface area (Å²) in [6.07, 6.45) is 0. The van der Waals surface area contributed by atoms with E-state index >= 15 is 0 Å². The molecule has 0 aliphatic carbocycles. The molecule has 17 heavy (non-hydrogen) atoms. The van der Waals surface area contributed by atoms with Crippen molar-refractivity contribution in [1.29, 1.82) is 0 Å². The quantitative estimate of drug-likeness (QED) is 0.580. The molecule has 1 aliphatic rings. The Labute approximate surface area is 119 Å². The van der Waals surface area contributed by atoms with E-state index in [2.05, 4.69) is 46.9 Å². The summed E-state index contributed by atoms with van der Waals surface area (Å²) in [5.74, 6) is 0. The highest BCUT2D eigenvalue weighted by Gasteiger charge is 2.48. The SMILES string of the molecule is Clc1ccc([C@@]2(c3ccc(I)cc3)CO2)cc1. The van der Waals surface area contributed by atoms with Crippen LogP contribution in [0.3, 0.4) is 0 Å². The number of halogens is 2. The van der Waals surface area contributed by atoms with Crippen molar-refractivity contribution in [3.05, 3.63) is 68.3 Å². The maximum atomic E-state index is 5.91. The Kier molecular flexibility index (Phi) is 2.89. The Hall–Kier alpha value is -0.580. The second-order valence-corrected chi connectivity index (χ2v) is 5.81. The minimum Gasteiger partial charge on any atom is -0.359 e. The van der Waals surface area contributed by atoms with Gasteiger partial charge in [-0.2, -0.15) is 0 Å². The molecular weight excluding hydrogens is 347 g/mol. The molecule has 0 unspecified atom stereocenters. The Bertz CT molecular complexity index is 482. The van der Waals surface area contributed by atoms with Crippen LogP contribution in [-0.2, 0) is 10.3 Å². The summed E-state index contributed by atoms with van der Waals surface area (Å²) in [4.78, 5) is 0. The van der Waals surface area contributed by atoms with Crippen LogP contribution >= 0.6 is 34.2 Å². The zero-order chi connectivity index (χ0) is 11.9. The summed E-state index contributed by atoms with van der Waals surface area (Å²) in [5.41, 5.74) is 2.14. The molecule has 1 heterocycles. The molecule has 1 nitrogen and oxygen atoms in total. The number of epoxide rings is 1. The lowest BCUT2D eigenvalue weighted by atomic mass is 9.92. The summed E-state index contributed by atoms with van der Waals surface area (Å²) in [7, 11) is 0. The van der Waals surface area contributed by atoms with Crippen molar-refractivity contribution in [3.63, 3.8) is 0 Å². The van der Waals surface area contributed by atoms with Crippen molar-refractivity contribution >= 4 is 34.2 Å². The molecule has 0 radical (unpaired) electrons. The van der Waals surface area contributed by atoms with Crippen molar-refractivity contribution in [2.75, 3.05) is 6.61 Å². The van der Waals surface area contributed by atoms with E-state index in [1.54, 1.807) is 0 Å². The third-order valence-electron chi connectivity index (χ3n) is 3.05. The van der Waals surface area contributed by atoms with Crippen LogP contribution in [0, 0.1) is 3.57 Å². The average Bonchev–Trinajstić information content (AvgIpc) is 3.12. The first-order valence-electron chi connectivity index (χ1n) is 5.37. The maximum absolute atomic E-state index is 5.91. The summed E-state index contributed by atoms with van der Waals surface area (Å²) in [6.45, 7) is 0.745. The first kappa shape index (κ1) is 11.5. The van der Waals surface area contributed by atoms with Gasteiger partial charge in [-0.3, -0.25) is 0 Å². The van der Waals surface area contributed by atoms with Gasteiger partial charge in [-0.15, -0.1) is 0 Å². The molecule has 0 aromatic heterocycles. The van der Waals surface area contributed by atoms with Crippen LogP contribution in [0.4, 0.5) is 0 Å². The van der Waals surface area contributed by atoms with Crippen molar-refractivity contribution < 1.29 is 4.74 Å². The third-order valence-corrected chi connectivity index (χ3v) is 4.03. The van der Waals surface area contributed by atoms with Gasteiger partial charge in [0.25, 0.3) is 0 Å². The van der Waals surface area contributed by atoms with Gasteiger partial charge in [-0.05, 0) is 58.0 Å². The fourth-order valence-electron chi connectivity index (χ4n) is 2.01. The molecule has 86 valence electrons. The van der Waals surface area contributed by atoms with Crippen LogP contribution in [0.1, 0.15) is 11.1 Å². The minimum atomic E-state index is -0.241. The predicted octanol–water partition coefficient (Wildman–Crippen LogP) is 4.22. The van der Waals surface area contributed by atoms with E-state index in [1.807, 2.05) is 24.3 Å². The topological polar surface area (TPSA) is 12.5 Å². The molecule has 3 heteroatoms. The number of rotatable bonds is 2. The van der Waals surface area contributed by atoms with Crippen LogP contribution < -0.4 is 0 Å². The average molecular weight is 357 g/mol. The van der Waals surface area contributed by atoms with Crippen LogP contribution in [0.15, 0.2) is 48.5 Å². The first-order chi connectivity index (χ1) is 8.21. The van der Waals surface area contributed by atoms with E-state index in [-0.39, 0.29) is 5.60 Å². The molecule has 1 aliphatic heterocycles. The smallest absolute Gasteiger partial charge is 0.142 e. The standard InChI is InChI=1S/C14H10ClIO/c15-12-5-1-10(2-6-12)14(9-17-14)11-3-7-13(16)8-4-11/h1-8H,9H2/t14-/m1/s1. The molecule has 0 amide bonds. The fraction of sp³-hybridized carbons (Fsp3) is 0.143. The first-order valence-corrected chi connectivity index (χ1v) is 6.82. The molecule has 3 rings (SSSR count). The van der Waals surface area contributed by atoms with Crippen LogP contribution in [0.2, 0.25) is 5.02 Å². The largest absolute Gasteiger partial charge is 0.359 e. The molecule has 0 bridgehead atoms. The van der Waals surface area contributed by atoms with Gasteiger partial charge < -0.3 is 4.74 Å². The van der Waals surface area contributed by atoms with Gasteiger partial charge in [-0.25, -0.2) is 0 Å². The minimum absolute atomic E-state index is 0.241. The van der Waals surface area contributed by atoms with Gasteiger partial charge >= 0.3 is 0 Å². The van der Waals surface area contributed by atoms with Crippen molar-refractivity contribution in [2.24, 2.45) is 0 Å². The van der Waals surface area contributed by atoms with E-state index < -0.39 is 0 Å². The number of hydrogen-bond acceptors (Lipinski definition) is 1. The van der Waals surface area contributed by atoms with E-state index in [9.17, 15) is 0 Å². The van der Waals surface area contributed by atoms with E-state index in [4.69, 9.17) is 16.3 Å². The van der Waals surface area contributed by atoms with Crippen LogP contribution in [-0.4, -0.2) is 6.61 Å². The molecular formula is C14H10ClIO. The van der Waals surface area contributed by atoms with Gasteiger partial charge in [0.1, 0.15) is 5.60 Å². The van der Waals surface area contributed by atoms with Crippen molar-refractivity contribution in [1.82, 2.24) is 0 Å². The van der Waals surface area contributed by atoms with Crippen LogP contribution in [0.5, 0.6) is 0 Å². The number of ether oxygens (including phenoxy) is 1. The normalized spacial score (nSPS) is 22.5. The highest BCUT2D eigenvalue weighted by Crippen LogP contribution is 2.45. The molecule has 0 N–H and O–H groups in total. The summed E-state index contributed by atoms with van der Waals surface area (Å²) < 4.78 is 6.94. The summed E-state index contributed by atoms with van der Waals surface area (Å²) >= 11 is 8.21. The number of hydrogen-bond donors (Lipinski definition) is 0. The summed E-state index contributed by atoms with van der Waals surface area (Å²) in [5, 5.41) is 0.757. The maximum Gasteiger partial charge on any atom is 0.142 e. The van der Waals surface area contributed by atoms with Gasteiger partial charge in [-0.1, -0.05) is 35.9 Å². The molecule has 2 aromatic rings. The highest BCUT2D eigenvalue weighted by atomic mass is 127. The van der Waals surface area contributed by atoms with E-state index in [1.165, 1.54) is 14.7 Å². The van der Waals surface area contributed by atoms with Gasteiger partial charge in [0.15, 0.2) is 0 Å². The molecule has 0 spiro atoms. The Morgan fingerprint density at radius 1 is 0.941 bits per heavy atom. The predicted molar refractivity (Wildman–Crippen MR) is 77.3 cm³/mol. The van der Waals surface area contributed by atoms with Crippen LogP contribution in [0.25, 0.3) is 0 Å². The lowest BCUT2D eigenvalue weighted by Crippen LogP contribution is -2.10. The lowest BCUT2D eigenvalue weighted by Gasteiger charge is -2.13. The zero-order valence-corrected chi connectivity index (χ0v) is 11.9. The van der Waals surface area contributed by atoms with Gasteiger partial charge in [0.2, 0.25) is 0 Å². The highest BCUT2D eigenvalue weighted by molar-refractivity contribution is 14.1. The zero-order valence-electron chi connectivity index (χ0n) is 8.99. The Balaban J connectivity index is 2.01. The Morgan fingerprint density at radius 2 is 1.41 bits per heavy atom. The van der Waals surface area contributed by atoms with Crippen molar-refractivity contribution in [2.45, 2.75) is 5.60 Å². The second-order valence-electron chi connectivity index (χ2n) is 4.13. The molecule has 1 atom stereocenters. The van der Waals surface area contributed by atoms with Crippen molar-refractivity contribution in [3.8, 4) is 0 Å². The van der Waals surface area contributed by atoms with Gasteiger partial charge in [0.05, 0.1) is 6.61 Å². The third kappa shape index (κ3) is 2.09. The number of benzene rings is 2. The van der Waals surface area contributed by atoms with E-state index in [0.717, 1.165) is 11.6 Å². The molecule has 1 saturated heterocycles. The molecule has 0 saturated carbocycles. The summed E-state index contributed by atoms with van der Waals surface area (Å²) in [6, 6.07) is 16.4.